The van der Waals surface area contributed by atoms with Crippen LogP contribution in [0.15, 0.2) is 0 Å². The lowest BCUT2D eigenvalue weighted by molar-refractivity contribution is -0.134. The van der Waals surface area contributed by atoms with Crippen molar-refractivity contribution < 1.29 is 67.1 Å². The molecule has 35 nitrogen and oxygen atoms in total. The van der Waals surface area contributed by atoms with Crippen molar-refractivity contribution in [2.24, 2.45) is 85.7 Å². The maximum atomic E-state index is 14.8. The first-order valence-corrected chi connectivity index (χ1v) is 30.6. The second-order valence-corrected chi connectivity index (χ2v) is 23.5. The lowest BCUT2D eigenvalue weighted by Crippen LogP contribution is -2.58. The molecule has 0 aromatic carbocycles. The van der Waals surface area contributed by atoms with E-state index in [0.29, 0.717) is 0 Å². The summed E-state index contributed by atoms with van der Waals surface area (Å²) in [7, 11) is 0. The molecule has 0 saturated heterocycles. The molecule has 0 heterocycles. The van der Waals surface area contributed by atoms with Crippen molar-refractivity contribution in [2.45, 2.75) is 222 Å². The number of nitrogens with one attached hydrogen (secondary N) is 7. The molecule has 0 aliphatic carbocycles. The van der Waals surface area contributed by atoms with E-state index in [1.165, 1.54) is 0 Å². The second-order valence-electron chi connectivity index (χ2n) is 23.5. The number of hydrogen-bond donors (Lipinski definition) is 21. The van der Waals surface area contributed by atoms with Crippen molar-refractivity contribution >= 4 is 81.8 Å². The Morgan fingerprint density at radius 1 is 0.293 bits per heavy atom. The Hall–Kier alpha value is -6.58. The molecule has 0 aliphatic rings. The predicted molar refractivity (Wildman–Crippen MR) is 344 cm³/mol. The van der Waals surface area contributed by atoms with Crippen LogP contribution >= 0.6 is 0 Å². The van der Waals surface area contributed by atoms with E-state index in [1.54, 1.807) is 27.7 Å². The molecular formula is C57H111N21O14. The van der Waals surface area contributed by atoms with Crippen LogP contribution < -0.4 is 117 Å². The fourth-order valence-corrected chi connectivity index (χ4v) is 8.73. The van der Waals surface area contributed by atoms with Gasteiger partial charge in [0.05, 0.1) is 60.4 Å². The van der Waals surface area contributed by atoms with Gasteiger partial charge in [0.1, 0.15) is 23.9 Å². The lowest BCUT2D eigenvalue weighted by atomic mass is 9.82. The van der Waals surface area contributed by atoms with Gasteiger partial charge in [-0.2, -0.15) is 0 Å². The van der Waals surface area contributed by atoms with E-state index in [9.17, 15) is 67.1 Å². The first kappa shape index (κ1) is 87.5. The van der Waals surface area contributed by atoms with E-state index in [4.69, 9.17) is 80.3 Å². The highest BCUT2D eigenvalue weighted by atomic mass is 16.2. The van der Waals surface area contributed by atoms with Crippen LogP contribution in [0.4, 0.5) is 0 Å². The van der Waals surface area contributed by atoms with Gasteiger partial charge in [0.15, 0.2) is 34.7 Å². The Balaban J connectivity index is 0. The van der Waals surface area contributed by atoms with Crippen LogP contribution in [0.5, 0.6) is 0 Å². The van der Waals surface area contributed by atoms with E-state index in [0.717, 1.165) is 0 Å². The molecule has 0 spiro atoms. The molecule has 528 valence electrons. The Kier molecular flexibility index (Phi) is 43.4. The van der Waals surface area contributed by atoms with E-state index >= 15 is 0 Å². The van der Waals surface area contributed by atoms with Gasteiger partial charge in [-0.3, -0.25) is 67.1 Å². The summed E-state index contributed by atoms with van der Waals surface area (Å²) < 4.78 is 0. The molecule has 92 heavy (non-hydrogen) atoms. The third-order valence-electron chi connectivity index (χ3n) is 15.2. The molecule has 0 radical (unpaired) electrons. The van der Waals surface area contributed by atoms with Crippen LogP contribution in [-0.4, -0.2) is 212 Å². The van der Waals surface area contributed by atoms with Crippen molar-refractivity contribution in [1.29, 1.82) is 0 Å². The number of nitrogens with two attached hydrogens (primary N) is 14. The predicted octanol–water partition coefficient (Wildman–Crippen LogP) is -9.69. The third-order valence-corrected chi connectivity index (χ3v) is 15.2. The van der Waals surface area contributed by atoms with Gasteiger partial charge in [-0.15, -0.1) is 0 Å². The Morgan fingerprint density at radius 2 is 0.533 bits per heavy atom. The maximum absolute atomic E-state index is 14.8. The fraction of sp³-hybridized carbons (Fsp3) is 0.754. The van der Waals surface area contributed by atoms with E-state index in [-0.39, 0.29) is 111 Å². The average molecular weight is 1310 g/mol. The summed E-state index contributed by atoms with van der Waals surface area (Å²) in [6.45, 7) is 4.88. The monoisotopic (exact) mass is 1310 g/mol. The van der Waals surface area contributed by atoms with Gasteiger partial charge in [0.2, 0.25) is 41.4 Å². The van der Waals surface area contributed by atoms with Gasteiger partial charge in [0.25, 0.3) is 0 Å². The summed E-state index contributed by atoms with van der Waals surface area (Å²) in [6.07, 6.45) is -5.34. The molecule has 0 aliphatic heterocycles. The van der Waals surface area contributed by atoms with Crippen LogP contribution in [0.2, 0.25) is 0 Å². The maximum Gasteiger partial charge on any atom is 0.243 e. The summed E-state index contributed by atoms with van der Waals surface area (Å²) in [5.41, 5.74) is 79.1. The molecule has 0 aromatic rings. The molecule has 0 bridgehead atoms. The number of carbonyl (C=O) groups excluding carboxylic acids is 14. The highest BCUT2D eigenvalue weighted by molar-refractivity contribution is 5.97. The summed E-state index contributed by atoms with van der Waals surface area (Å²) >= 11 is 0. The molecule has 14 atom stereocenters. The molecule has 0 saturated carbocycles. The quantitative estimate of drug-likeness (QED) is 0.0269. The van der Waals surface area contributed by atoms with Crippen molar-refractivity contribution in [3.8, 4) is 0 Å². The van der Waals surface area contributed by atoms with Crippen LogP contribution in [0.3, 0.4) is 0 Å². The number of hydrogen-bond acceptors (Lipinski definition) is 28. The molecule has 0 rings (SSSR count). The molecule has 14 unspecified atom stereocenters. The van der Waals surface area contributed by atoms with E-state index < -0.39 is 217 Å². The summed E-state index contributed by atoms with van der Waals surface area (Å²) in [5, 5.41) is 17.8. The zero-order valence-electron chi connectivity index (χ0n) is 53.1. The first-order valence-electron chi connectivity index (χ1n) is 30.6. The normalized spacial score (nSPS) is 16.0. The van der Waals surface area contributed by atoms with Crippen molar-refractivity contribution in [3.63, 3.8) is 0 Å². The number of rotatable bonds is 50. The highest BCUT2D eigenvalue weighted by Crippen LogP contribution is 2.25. The Bertz CT molecular complexity index is 2430. The van der Waals surface area contributed by atoms with E-state index in [2.05, 4.69) is 37.2 Å². The van der Waals surface area contributed by atoms with Gasteiger partial charge in [-0.25, -0.2) is 0 Å². The standard InChI is InChI=1S/C56H107N21O14.CH4/c1-5-28(64)41(78)12-7-36(72-50(86)32(68)25-61)46(83)17-11-40(76-54(90)39(75-52(88)34(70)27-63)10-15-44(81)31(67)24-60)55(91)77-48(56(2,3)4)19-18-47(84)37(8-16-45(82)35(71-49(85)20-21-57)6-13-42(79)29(65)22-58)73-53(89)38(74-51(87)33(69)26-62)9-14-43(80)30(66)23-59;/h28-40,48H,5-27,57-70H2,1-4H3,(H,71,85)(H,72,86)(H,73,89)(H,74,87)(H,75,88)(H,76,90)(H,77,91);1H4. The minimum absolute atomic E-state index is 0. The van der Waals surface area contributed by atoms with Crippen molar-refractivity contribution in [3.05, 3.63) is 0 Å². The number of ketones is 7. The van der Waals surface area contributed by atoms with E-state index in [1.807, 2.05) is 0 Å². The largest absolute Gasteiger partial charge is 0.351 e. The van der Waals surface area contributed by atoms with Crippen LogP contribution in [0.1, 0.15) is 138 Å². The smallest absolute Gasteiger partial charge is 0.243 e. The van der Waals surface area contributed by atoms with Gasteiger partial charge in [-0.1, -0.05) is 35.1 Å². The average Bonchev–Trinajstić information content (AvgIpc) is 0.953. The number of amides is 7. The van der Waals surface area contributed by atoms with Gasteiger partial charge >= 0.3 is 0 Å². The minimum atomic E-state index is -1.69. The highest BCUT2D eigenvalue weighted by Gasteiger charge is 2.37. The zero-order valence-corrected chi connectivity index (χ0v) is 53.1. The molecule has 7 amide bonds. The second kappa shape index (κ2) is 45.7. The van der Waals surface area contributed by atoms with Gasteiger partial charge < -0.3 is 117 Å². The number of carbonyl (C=O) groups is 14. The molecule has 0 aromatic heterocycles. The SMILES string of the molecule is C.CCC(N)C(=O)CCC(NC(=O)C(N)CN)C(=O)CCC(NC(=O)C(CCC(=O)C(N)CN)NC(=O)C(N)CN)C(=O)NC(CCC(=O)C(CCC(=O)C(CCC(=O)C(N)CN)NC(=O)CCN)NC(=O)C(CCC(=O)C(N)CN)NC(=O)C(N)CN)C(C)(C)C. The fourth-order valence-electron chi connectivity index (χ4n) is 8.73. The summed E-state index contributed by atoms with van der Waals surface area (Å²) in [5.74, 6) is -10.6. The van der Waals surface area contributed by atoms with Crippen LogP contribution in [0.25, 0.3) is 0 Å². The topological polar surface area (TPSA) is 687 Å². The van der Waals surface area contributed by atoms with Crippen LogP contribution in [0, 0.1) is 5.41 Å². The number of Topliss-reactive ketones (excluding diaryl/α,β-unsaturated/α-hetero) is 7. The van der Waals surface area contributed by atoms with Crippen molar-refractivity contribution in [1.82, 2.24) is 37.2 Å². The minimum Gasteiger partial charge on any atom is -0.351 e. The van der Waals surface area contributed by atoms with Gasteiger partial charge in [-0.05, 0) is 56.8 Å². The third kappa shape index (κ3) is 32.8. The summed E-state index contributed by atoms with van der Waals surface area (Å²) in [6, 6.07) is -18.3. The van der Waals surface area contributed by atoms with Gasteiger partial charge in [0, 0.05) is 103 Å². The molecule has 0 fully saturated rings. The Labute approximate surface area is 538 Å². The molecular weight excluding hydrogens is 1200 g/mol. The molecule has 35 N–H and O–H groups in total. The summed E-state index contributed by atoms with van der Waals surface area (Å²) in [4.78, 5) is 190. The first-order chi connectivity index (χ1) is 42.6. The zero-order chi connectivity index (χ0) is 69.9. The van der Waals surface area contributed by atoms with Crippen LogP contribution in [-0.2, 0) is 67.1 Å². The Morgan fingerprint density at radius 3 is 0.826 bits per heavy atom. The lowest BCUT2D eigenvalue weighted by Gasteiger charge is -2.34. The van der Waals surface area contributed by atoms with Crippen molar-refractivity contribution in [2.75, 3.05) is 45.8 Å². The molecule has 35 heteroatoms.